The molecular weight excluding hydrogens is 290 g/mol. The van der Waals surface area contributed by atoms with E-state index in [1.807, 2.05) is 36.5 Å². The molecule has 23 heavy (non-hydrogen) atoms. The second kappa shape index (κ2) is 4.95. The van der Waals surface area contributed by atoms with Crippen molar-refractivity contribution in [3.8, 4) is 17.2 Å². The molecule has 114 valence electrons. The molecule has 1 aliphatic rings. The lowest BCUT2D eigenvalue weighted by atomic mass is 9.90. The highest BCUT2D eigenvalue weighted by molar-refractivity contribution is 5.99. The van der Waals surface area contributed by atoms with Crippen molar-refractivity contribution in [1.82, 2.24) is 0 Å². The Labute approximate surface area is 133 Å². The number of allylic oxidation sites excluding steroid dienone is 1. The molecule has 0 saturated carbocycles. The third-order valence-electron chi connectivity index (χ3n) is 4.19. The summed E-state index contributed by atoms with van der Waals surface area (Å²) in [6, 6.07) is 14.3. The van der Waals surface area contributed by atoms with Gasteiger partial charge in [0.1, 0.15) is 5.75 Å². The van der Waals surface area contributed by atoms with Gasteiger partial charge in [-0.05, 0) is 46.2 Å². The topological polar surface area (TPSA) is 72.7 Å². The van der Waals surface area contributed by atoms with Gasteiger partial charge in [0, 0.05) is 23.9 Å². The zero-order valence-electron chi connectivity index (χ0n) is 12.2. The lowest BCUT2D eigenvalue weighted by molar-refractivity contribution is 0.404. The van der Waals surface area contributed by atoms with Crippen molar-refractivity contribution >= 4 is 22.0 Å². The van der Waals surface area contributed by atoms with E-state index in [-0.39, 0.29) is 17.2 Å². The fraction of sp³-hybridized carbons (Fsp3) is 0.0526. The van der Waals surface area contributed by atoms with Gasteiger partial charge >= 0.3 is 0 Å². The van der Waals surface area contributed by atoms with Gasteiger partial charge in [-0.2, -0.15) is 0 Å². The van der Waals surface area contributed by atoms with Crippen molar-refractivity contribution < 1.29 is 15.3 Å². The summed E-state index contributed by atoms with van der Waals surface area (Å²) < 4.78 is 0. The van der Waals surface area contributed by atoms with Crippen LogP contribution in [0.3, 0.4) is 0 Å². The van der Waals surface area contributed by atoms with Crippen LogP contribution >= 0.6 is 0 Å². The lowest BCUT2D eigenvalue weighted by Crippen LogP contribution is -2.05. The van der Waals surface area contributed by atoms with Crippen LogP contribution in [0.1, 0.15) is 11.1 Å². The quantitative estimate of drug-likeness (QED) is 0.405. The monoisotopic (exact) mass is 305 g/mol. The number of phenolic OH excluding ortho intramolecular Hbond substituents is 3. The van der Waals surface area contributed by atoms with Gasteiger partial charge in [-0.1, -0.05) is 24.3 Å². The fourth-order valence-electron chi connectivity index (χ4n) is 3.10. The number of hydrogen-bond donors (Lipinski definition) is 4. The number of benzene rings is 3. The van der Waals surface area contributed by atoms with E-state index in [2.05, 4.69) is 5.32 Å². The number of rotatable bonds is 1. The summed E-state index contributed by atoms with van der Waals surface area (Å²) in [5.74, 6) is -0.0570. The standard InChI is InChI=1S/C19H15NO3/c21-14-5-6-16-12(8-14)7-13(10-20-16)18-15-4-2-1-3-11(15)9-17(22)19(18)23/h1-6,8-10,20-23H,7H2. The highest BCUT2D eigenvalue weighted by Gasteiger charge is 2.20. The van der Waals surface area contributed by atoms with Gasteiger partial charge in [-0.15, -0.1) is 0 Å². The van der Waals surface area contributed by atoms with E-state index in [1.54, 1.807) is 18.2 Å². The molecule has 4 heteroatoms. The number of phenols is 3. The Hall–Kier alpha value is -3.14. The minimum absolute atomic E-state index is 0.125. The molecule has 0 fully saturated rings. The van der Waals surface area contributed by atoms with Gasteiger partial charge in [-0.3, -0.25) is 0 Å². The first kappa shape index (κ1) is 13.5. The highest BCUT2D eigenvalue weighted by atomic mass is 16.3. The van der Waals surface area contributed by atoms with E-state index >= 15 is 0 Å². The highest BCUT2D eigenvalue weighted by Crippen LogP contribution is 2.42. The molecule has 0 atom stereocenters. The van der Waals surface area contributed by atoms with Crippen LogP contribution < -0.4 is 5.32 Å². The van der Waals surface area contributed by atoms with Gasteiger partial charge < -0.3 is 20.6 Å². The zero-order valence-corrected chi connectivity index (χ0v) is 12.2. The van der Waals surface area contributed by atoms with E-state index in [9.17, 15) is 15.3 Å². The number of fused-ring (bicyclic) bond motifs is 2. The van der Waals surface area contributed by atoms with E-state index < -0.39 is 0 Å². The summed E-state index contributed by atoms with van der Waals surface area (Å²) in [7, 11) is 0. The third kappa shape index (κ3) is 2.16. The van der Waals surface area contributed by atoms with Crippen LogP contribution in [0, 0.1) is 0 Å². The Morgan fingerprint density at radius 1 is 0.913 bits per heavy atom. The molecule has 3 aromatic rings. The molecular formula is C19H15NO3. The average molecular weight is 305 g/mol. The Morgan fingerprint density at radius 3 is 2.61 bits per heavy atom. The minimum atomic E-state index is -0.138. The molecule has 4 nitrogen and oxygen atoms in total. The summed E-state index contributed by atoms with van der Waals surface area (Å²) in [6.45, 7) is 0. The maximum absolute atomic E-state index is 10.4. The first-order chi connectivity index (χ1) is 11.1. The predicted octanol–water partition coefficient (Wildman–Crippen LogP) is 3.97. The summed E-state index contributed by atoms with van der Waals surface area (Å²) in [6.07, 6.45) is 2.39. The van der Waals surface area contributed by atoms with Crippen molar-refractivity contribution in [3.05, 3.63) is 65.9 Å². The molecule has 0 unspecified atom stereocenters. The second-order valence-electron chi connectivity index (χ2n) is 5.67. The van der Waals surface area contributed by atoms with E-state index in [1.165, 1.54) is 0 Å². The number of aromatic hydroxyl groups is 3. The van der Waals surface area contributed by atoms with Crippen molar-refractivity contribution in [3.63, 3.8) is 0 Å². The predicted molar refractivity (Wildman–Crippen MR) is 90.7 cm³/mol. The van der Waals surface area contributed by atoms with E-state index in [0.717, 1.165) is 27.6 Å². The fourth-order valence-corrected chi connectivity index (χ4v) is 3.10. The van der Waals surface area contributed by atoms with Crippen LogP contribution in [0.4, 0.5) is 5.69 Å². The van der Waals surface area contributed by atoms with E-state index in [4.69, 9.17) is 0 Å². The summed E-state index contributed by atoms with van der Waals surface area (Å²) in [4.78, 5) is 0. The van der Waals surface area contributed by atoms with Crippen LogP contribution in [-0.4, -0.2) is 15.3 Å². The van der Waals surface area contributed by atoms with E-state index in [0.29, 0.717) is 12.0 Å². The molecule has 0 amide bonds. The second-order valence-corrected chi connectivity index (χ2v) is 5.67. The molecule has 0 saturated heterocycles. The SMILES string of the molecule is Oc1ccc2c(c1)CC(c1c(O)c(O)cc3ccccc13)=CN2. The lowest BCUT2D eigenvalue weighted by Gasteiger charge is -2.21. The largest absolute Gasteiger partial charge is 0.508 e. The molecule has 1 aliphatic heterocycles. The Bertz CT molecular complexity index is 960. The Balaban J connectivity index is 1.90. The molecule has 0 radical (unpaired) electrons. The molecule has 0 bridgehead atoms. The normalized spacial score (nSPS) is 13.3. The molecule has 1 heterocycles. The number of hydrogen-bond acceptors (Lipinski definition) is 4. The number of anilines is 1. The molecule has 0 aliphatic carbocycles. The first-order valence-electron chi connectivity index (χ1n) is 7.35. The minimum Gasteiger partial charge on any atom is -0.508 e. The van der Waals surface area contributed by atoms with Gasteiger partial charge in [-0.25, -0.2) is 0 Å². The third-order valence-corrected chi connectivity index (χ3v) is 4.19. The van der Waals surface area contributed by atoms with Crippen LogP contribution in [0.25, 0.3) is 16.3 Å². The molecule has 4 N–H and O–H groups in total. The number of nitrogens with one attached hydrogen (secondary N) is 1. The molecule has 0 spiro atoms. The Morgan fingerprint density at radius 2 is 1.74 bits per heavy atom. The van der Waals surface area contributed by atoms with Crippen LogP contribution in [0.15, 0.2) is 54.7 Å². The Kier molecular flexibility index (Phi) is 2.91. The maximum Gasteiger partial charge on any atom is 0.165 e. The van der Waals surface area contributed by atoms with Crippen molar-refractivity contribution in [1.29, 1.82) is 0 Å². The van der Waals surface area contributed by atoms with Gasteiger partial charge in [0.05, 0.1) is 0 Å². The maximum atomic E-state index is 10.4. The van der Waals surface area contributed by atoms with Crippen molar-refractivity contribution in [2.24, 2.45) is 0 Å². The molecule has 4 rings (SSSR count). The summed E-state index contributed by atoms with van der Waals surface area (Å²) in [5.41, 5.74) is 3.33. The summed E-state index contributed by atoms with van der Waals surface area (Å²) in [5, 5.41) is 35.0. The van der Waals surface area contributed by atoms with Crippen molar-refractivity contribution in [2.45, 2.75) is 6.42 Å². The van der Waals surface area contributed by atoms with Gasteiger partial charge in [0.15, 0.2) is 11.5 Å². The van der Waals surface area contributed by atoms with Gasteiger partial charge in [0.2, 0.25) is 0 Å². The average Bonchev–Trinajstić information content (AvgIpc) is 2.55. The summed E-state index contributed by atoms with van der Waals surface area (Å²) >= 11 is 0. The molecule has 0 aromatic heterocycles. The van der Waals surface area contributed by atoms with Crippen LogP contribution in [0.5, 0.6) is 17.2 Å². The zero-order chi connectivity index (χ0) is 16.0. The smallest absolute Gasteiger partial charge is 0.165 e. The van der Waals surface area contributed by atoms with Crippen molar-refractivity contribution in [2.75, 3.05) is 5.32 Å². The molecule has 3 aromatic carbocycles. The van der Waals surface area contributed by atoms with Crippen LogP contribution in [0.2, 0.25) is 0 Å². The van der Waals surface area contributed by atoms with Crippen LogP contribution in [-0.2, 0) is 6.42 Å². The van der Waals surface area contributed by atoms with Gasteiger partial charge in [0.25, 0.3) is 0 Å². The first-order valence-corrected chi connectivity index (χ1v) is 7.35.